The van der Waals surface area contributed by atoms with Crippen LogP contribution in [0.2, 0.25) is 0 Å². The summed E-state index contributed by atoms with van der Waals surface area (Å²) in [6.07, 6.45) is 2.82. The molecule has 196 valence electrons. The molecule has 5 rings (SSSR count). The molecule has 12 heteroatoms. The third-order valence-electron chi connectivity index (χ3n) is 6.63. The van der Waals surface area contributed by atoms with Gasteiger partial charge in [0.15, 0.2) is 0 Å². The number of fused-ring (bicyclic) bond motifs is 1. The van der Waals surface area contributed by atoms with Crippen molar-refractivity contribution in [3.63, 3.8) is 0 Å². The Morgan fingerprint density at radius 1 is 1.19 bits per heavy atom. The highest BCUT2D eigenvalue weighted by atomic mass is 79.9. The Balaban J connectivity index is 1.61. The van der Waals surface area contributed by atoms with E-state index in [9.17, 15) is 18.0 Å². The lowest BCUT2D eigenvalue weighted by molar-refractivity contribution is -0.0132. The maximum atomic E-state index is 13.0. The number of cyclic esters (lactones) is 2. The van der Waals surface area contributed by atoms with E-state index in [1.54, 1.807) is 17.8 Å². The maximum absolute atomic E-state index is 13.0. The summed E-state index contributed by atoms with van der Waals surface area (Å²) in [4.78, 5) is 24.2. The Hall–Kier alpha value is -3.12. The second kappa shape index (κ2) is 9.97. The maximum Gasteiger partial charge on any atom is 0.508 e. The van der Waals surface area contributed by atoms with E-state index in [4.69, 9.17) is 14.6 Å². The van der Waals surface area contributed by atoms with Crippen LogP contribution >= 0.6 is 15.9 Å². The molecular formula is C25H27BrN4O6S. The number of rotatable bonds is 8. The molecule has 1 saturated heterocycles. The second-order valence-corrected chi connectivity index (χ2v) is 12.2. The van der Waals surface area contributed by atoms with E-state index in [-0.39, 0.29) is 37.5 Å². The van der Waals surface area contributed by atoms with Crippen molar-refractivity contribution in [2.24, 2.45) is 5.92 Å². The molecule has 0 atom stereocenters. The van der Waals surface area contributed by atoms with Crippen molar-refractivity contribution >= 4 is 54.6 Å². The number of anilines is 1. The minimum absolute atomic E-state index is 0.105. The molecule has 1 aliphatic carbocycles. The van der Waals surface area contributed by atoms with Crippen LogP contribution in [0.5, 0.6) is 0 Å². The van der Waals surface area contributed by atoms with Gasteiger partial charge in [-0.05, 0) is 67.1 Å². The molecule has 10 nitrogen and oxygen atoms in total. The van der Waals surface area contributed by atoms with Gasteiger partial charge in [0, 0.05) is 29.4 Å². The van der Waals surface area contributed by atoms with Gasteiger partial charge in [-0.3, -0.25) is 9.10 Å². The molecule has 0 unspecified atom stereocenters. The van der Waals surface area contributed by atoms with Crippen LogP contribution in [0.3, 0.4) is 0 Å². The number of hydrogen-bond donors (Lipinski definition) is 1. The van der Waals surface area contributed by atoms with E-state index in [0.717, 1.165) is 22.9 Å². The monoisotopic (exact) mass is 590 g/mol. The smallest absolute Gasteiger partial charge is 0.434 e. The molecule has 0 spiro atoms. The number of nitrogens with zero attached hydrogens (tertiary/aromatic N) is 3. The van der Waals surface area contributed by atoms with Gasteiger partial charge in [0.1, 0.15) is 18.9 Å². The number of amides is 1. The Bertz CT molecular complexity index is 1460. The van der Waals surface area contributed by atoms with Gasteiger partial charge in [-0.2, -0.15) is 5.10 Å². The van der Waals surface area contributed by atoms with Crippen molar-refractivity contribution in [1.29, 1.82) is 0 Å². The highest BCUT2D eigenvalue weighted by Gasteiger charge is 2.33. The fraction of sp³-hybridized carbons (Fsp3) is 0.400. The summed E-state index contributed by atoms with van der Waals surface area (Å²) < 4.78 is 39.8. The highest BCUT2D eigenvalue weighted by molar-refractivity contribution is 9.10. The largest absolute Gasteiger partial charge is 0.508 e. The van der Waals surface area contributed by atoms with Crippen LogP contribution in [0.25, 0.3) is 16.6 Å². The highest BCUT2D eigenvalue weighted by Crippen LogP contribution is 2.46. The minimum atomic E-state index is -3.64. The van der Waals surface area contributed by atoms with Crippen LogP contribution in [0.15, 0.2) is 40.9 Å². The first kappa shape index (κ1) is 25.5. The standard InChI is InChI=1S/C25H27BrN4O6S/c1-27-24(31)23-20-11-19(16-3-4-16)22(12-21(20)28-30(23)18-7-5-17(26)6-8-18)29(37(2,33)34)10-9-15-13-35-25(32)36-14-15/h5-8,11-12,15-16H,3-4,9-10,13-14H2,1-2H3,(H,27,31). The third-order valence-corrected chi connectivity index (χ3v) is 8.34. The zero-order chi connectivity index (χ0) is 26.3. The van der Waals surface area contributed by atoms with E-state index in [1.165, 1.54) is 10.6 Å². The van der Waals surface area contributed by atoms with Gasteiger partial charge in [0.2, 0.25) is 10.0 Å². The summed E-state index contributed by atoms with van der Waals surface area (Å²) in [5.41, 5.74) is 3.06. The summed E-state index contributed by atoms with van der Waals surface area (Å²) >= 11 is 3.43. The van der Waals surface area contributed by atoms with Crippen molar-refractivity contribution < 1.29 is 27.5 Å². The number of halogens is 1. The molecule has 2 fully saturated rings. The molecule has 1 aliphatic heterocycles. The molecule has 37 heavy (non-hydrogen) atoms. The van der Waals surface area contributed by atoms with E-state index >= 15 is 0 Å². The van der Waals surface area contributed by atoms with Crippen molar-refractivity contribution in [2.45, 2.75) is 25.2 Å². The first-order chi connectivity index (χ1) is 17.7. The molecule has 2 aliphatic rings. The summed E-state index contributed by atoms with van der Waals surface area (Å²) in [5, 5.41) is 8.09. The number of aromatic nitrogens is 2. The fourth-order valence-corrected chi connectivity index (χ4v) is 5.79. The average molecular weight is 591 g/mol. The molecule has 2 heterocycles. The lowest BCUT2D eigenvalue weighted by atomic mass is 10.0. The third kappa shape index (κ3) is 5.30. The zero-order valence-corrected chi connectivity index (χ0v) is 22.8. The van der Waals surface area contributed by atoms with E-state index in [2.05, 4.69) is 21.2 Å². The molecule has 0 bridgehead atoms. The van der Waals surface area contributed by atoms with Crippen LogP contribution in [-0.4, -0.2) is 63.3 Å². The Kier molecular flexibility index (Phi) is 6.88. The summed E-state index contributed by atoms with van der Waals surface area (Å²) in [6, 6.07) is 11.1. The molecule has 3 aromatic rings. The zero-order valence-electron chi connectivity index (χ0n) is 20.4. The Labute approximate surface area is 223 Å². The molecular weight excluding hydrogens is 564 g/mol. The van der Waals surface area contributed by atoms with Crippen LogP contribution in [-0.2, 0) is 19.5 Å². The van der Waals surface area contributed by atoms with E-state index < -0.39 is 16.2 Å². The summed E-state index contributed by atoms with van der Waals surface area (Å²) in [5.74, 6) is -0.186. The number of nitrogens with one attached hydrogen (secondary N) is 1. The van der Waals surface area contributed by atoms with Crippen molar-refractivity contribution in [2.75, 3.05) is 37.4 Å². The van der Waals surface area contributed by atoms with Crippen molar-refractivity contribution in [1.82, 2.24) is 15.1 Å². The number of sulfonamides is 1. The van der Waals surface area contributed by atoms with Crippen molar-refractivity contribution in [3.05, 3.63) is 52.1 Å². The Morgan fingerprint density at radius 2 is 1.86 bits per heavy atom. The number of hydrogen-bond acceptors (Lipinski definition) is 7. The van der Waals surface area contributed by atoms with Crippen LogP contribution in [0.1, 0.15) is 41.2 Å². The van der Waals surface area contributed by atoms with Gasteiger partial charge in [0.25, 0.3) is 5.91 Å². The lowest BCUT2D eigenvalue weighted by Gasteiger charge is -2.28. The number of carbonyl (C=O) groups excluding carboxylic acids is 2. The van der Waals surface area contributed by atoms with Crippen LogP contribution in [0, 0.1) is 5.92 Å². The van der Waals surface area contributed by atoms with Crippen LogP contribution in [0.4, 0.5) is 10.5 Å². The molecule has 1 aromatic heterocycles. The molecule has 0 radical (unpaired) electrons. The van der Waals surface area contributed by atoms with Gasteiger partial charge < -0.3 is 14.8 Å². The van der Waals surface area contributed by atoms with Gasteiger partial charge in [-0.25, -0.2) is 17.9 Å². The molecule has 2 aromatic carbocycles. The van der Waals surface area contributed by atoms with Crippen LogP contribution < -0.4 is 9.62 Å². The van der Waals surface area contributed by atoms with Gasteiger partial charge in [-0.1, -0.05) is 15.9 Å². The first-order valence-corrected chi connectivity index (χ1v) is 14.6. The molecule has 1 saturated carbocycles. The first-order valence-electron chi connectivity index (χ1n) is 12.0. The summed E-state index contributed by atoms with van der Waals surface area (Å²) in [7, 11) is -2.07. The van der Waals surface area contributed by atoms with E-state index in [0.29, 0.717) is 34.4 Å². The quantitative estimate of drug-likeness (QED) is 0.394. The van der Waals surface area contributed by atoms with Crippen molar-refractivity contribution in [3.8, 4) is 5.69 Å². The van der Waals surface area contributed by atoms with Gasteiger partial charge in [-0.15, -0.1) is 0 Å². The van der Waals surface area contributed by atoms with Gasteiger partial charge in [0.05, 0.1) is 23.1 Å². The van der Waals surface area contributed by atoms with Gasteiger partial charge >= 0.3 is 6.16 Å². The summed E-state index contributed by atoms with van der Waals surface area (Å²) in [6.45, 7) is 0.585. The number of ether oxygens (including phenoxy) is 2. The number of benzene rings is 2. The molecule has 1 N–H and O–H groups in total. The minimum Gasteiger partial charge on any atom is -0.434 e. The second-order valence-electron chi connectivity index (χ2n) is 9.38. The average Bonchev–Trinajstić information content (AvgIpc) is 3.64. The fourth-order valence-electron chi connectivity index (χ4n) is 4.57. The van der Waals surface area contributed by atoms with E-state index in [1.807, 2.05) is 30.3 Å². The lowest BCUT2D eigenvalue weighted by Crippen LogP contribution is -2.35. The normalized spacial score (nSPS) is 16.4. The number of carbonyl (C=O) groups is 2. The predicted octanol–water partition coefficient (Wildman–Crippen LogP) is 3.96. The topological polar surface area (TPSA) is 120 Å². The predicted molar refractivity (Wildman–Crippen MR) is 142 cm³/mol. The SMILES string of the molecule is CNC(=O)c1c2cc(C3CC3)c(N(CCC3COC(=O)OC3)S(C)(=O)=O)cc2nn1-c1ccc(Br)cc1. The molecule has 1 amide bonds. The Morgan fingerprint density at radius 3 is 2.46 bits per heavy atom.